The second-order valence-electron chi connectivity index (χ2n) is 4.41. The van der Waals surface area contributed by atoms with Crippen molar-refractivity contribution in [3.63, 3.8) is 0 Å². The Hall–Kier alpha value is -2.07. The first-order chi connectivity index (χ1) is 9.67. The van der Waals surface area contributed by atoms with Crippen molar-refractivity contribution < 1.29 is 13.9 Å². The molecule has 0 radical (unpaired) electrons. The third-order valence-electron chi connectivity index (χ3n) is 3.17. The van der Waals surface area contributed by atoms with Crippen molar-refractivity contribution in [3.05, 3.63) is 53.8 Å². The molecule has 1 N–H and O–H groups in total. The molecule has 0 aliphatic rings. The molecule has 0 heterocycles. The molecule has 0 fully saturated rings. The fraction of sp³-hybridized carbons (Fsp3) is 0.250. The van der Waals surface area contributed by atoms with Crippen LogP contribution in [0.25, 0.3) is 0 Å². The van der Waals surface area contributed by atoms with Gasteiger partial charge in [0.1, 0.15) is 11.5 Å². The fourth-order valence-corrected chi connectivity index (χ4v) is 2.01. The van der Waals surface area contributed by atoms with E-state index in [1.54, 1.807) is 31.4 Å². The number of hydrogen-bond acceptors (Lipinski definition) is 3. The second-order valence-corrected chi connectivity index (χ2v) is 4.41. The van der Waals surface area contributed by atoms with Gasteiger partial charge in [-0.3, -0.25) is 0 Å². The van der Waals surface area contributed by atoms with Crippen LogP contribution in [0.1, 0.15) is 18.5 Å². The molecule has 4 heteroatoms. The number of rotatable bonds is 5. The van der Waals surface area contributed by atoms with Crippen LogP contribution in [-0.4, -0.2) is 14.2 Å². The molecule has 2 aromatic rings. The Labute approximate surface area is 118 Å². The van der Waals surface area contributed by atoms with E-state index in [2.05, 4.69) is 5.32 Å². The molecule has 2 rings (SSSR count). The zero-order chi connectivity index (χ0) is 14.5. The fourth-order valence-electron chi connectivity index (χ4n) is 2.01. The zero-order valence-corrected chi connectivity index (χ0v) is 11.8. The molecular formula is C16H18FNO2. The van der Waals surface area contributed by atoms with Crippen LogP contribution in [-0.2, 0) is 0 Å². The summed E-state index contributed by atoms with van der Waals surface area (Å²) in [7, 11) is 3.46. The zero-order valence-electron chi connectivity index (χ0n) is 11.8. The van der Waals surface area contributed by atoms with E-state index in [4.69, 9.17) is 9.47 Å². The minimum atomic E-state index is -0.390. The van der Waals surface area contributed by atoms with Crippen LogP contribution < -0.4 is 14.8 Å². The smallest absolute Gasteiger partial charge is 0.165 e. The van der Waals surface area contributed by atoms with Crippen molar-refractivity contribution in [2.24, 2.45) is 0 Å². The van der Waals surface area contributed by atoms with Gasteiger partial charge in [-0.05, 0) is 38.2 Å². The SMILES string of the molecule is CNC(C)c1c(OC)cccc1Oc1ccccc1F. The lowest BCUT2D eigenvalue weighted by atomic mass is 10.1. The first kappa shape index (κ1) is 14.3. The topological polar surface area (TPSA) is 30.5 Å². The summed E-state index contributed by atoms with van der Waals surface area (Å²) in [6.07, 6.45) is 0. The number of para-hydroxylation sites is 1. The number of ether oxygens (including phenoxy) is 2. The van der Waals surface area contributed by atoms with Crippen LogP contribution >= 0.6 is 0 Å². The van der Waals surface area contributed by atoms with Crippen LogP contribution in [0.5, 0.6) is 17.2 Å². The predicted molar refractivity (Wildman–Crippen MR) is 76.9 cm³/mol. The molecular weight excluding hydrogens is 257 g/mol. The summed E-state index contributed by atoms with van der Waals surface area (Å²) < 4.78 is 24.8. The van der Waals surface area contributed by atoms with Gasteiger partial charge in [-0.1, -0.05) is 18.2 Å². The molecule has 1 atom stereocenters. The van der Waals surface area contributed by atoms with Crippen molar-refractivity contribution in [3.8, 4) is 17.2 Å². The maximum absolute atomic E-state index is 13.7. The molecule has 0 saturated carbocycles. The first-order valence-electron chi connectivity index (χ1n) is 6.44. The maximum Gasteiger partial charge on any atom is 0.165 e. The van der Waals surface area contributed by atoms with E-state index in [1.165, 1.54) is 6.07 Å². The van der Waals surface area contributed by atoms with Crippen molar-refractivity contribution in [1.29, 1.82) is 0 Å². The van der Waals surface area contributed by atoms with Crippen LogP contribution in [0.15, 0.2) is 42.5 Å². The first-order valence-corrected chi connectivity index (χ1v) is 6.44. The van der Waals surface area contributed by atoms with Crippen molar-refractivity contribution in [1.82, 2.24) is 5.32 Å². The van der Waals surface area contributed by atoms with Gasteiger partial charge in [0, 0.05) is 6.04 Å². The highest BCUT2D eigenvalue weighted by Gasteiger charge is 2.17. The molecule has 0 saturated heterocycles. The van der Waals surface area contributed by atoms with Gasteiger partial charge in [-0.15, -0.1) is 0 Å². The summed E-state index contributed by atoms with van der Waals surface area (Å²) in [5.74, 6) is 1.10. The normalized spacial score (nSPS) is 12.0. The summed E-state index contributed by atoms with van der Waals surface area (Å²) in [5, 5.41) is 3.14. The van der Waals surface area contributed by atoms with Gasteiger partial charge in [0.25, 0.3) is 0 Å². The summed E-state index contributed by atoms with van der Waals surface area (Å²) in [6.45, 7) is 1.99. The van der Waals surface area contributed by atoms with E-state index >= 15 is 0 Å². The summed E-state index contributed by atoms with van der Waals surface area (Å²) in [6, 6.07) is 11.8. The molecule has 0 aliphatic carbocycles. The highest BCUT2D eigenvalue weighted by atomic mass is 19.1. The van der Waals surface area contributed by atoms with Crippen LogP contribution in [0, 0.1) is 5.82 Å². The minimum Gasteiger partial charge on any atom is -0.496 e. The third-order valence-corrected chi connectivity index (χ3v) is 3.17. The summed E-state index contributed by atoms with van der Waals surface area (Å²) in [4.78, 5) is 0. The molecule has 106 valence electrons. The Morgan fingerprint density at radius 1 is 1.00 bits per heavy atom. The maximum atomic E-state index is 13.7. The van der Waals surface area contributed by atoms with E-state index in [9.17, 15) is 4.39 Å². The largest absolute Gasteiger partial charge is 0.496 e. The lowest BCUT2D eigenvalue weighted by Gasteiger charge is -2.19. The van der Waals surface area contributed by atoms with Crippen LogP contribution in [0.2, 0.25) is 0 Å². The van der Waals surface area contributed by atoms with Gasteiger partial charge in [0.05, 0.1) is 12.7 Å². The Morgan fingerprint density at radius 2 is 1.65 bits per heavy atom. The second kappa shape index (κ2) is 6.39. The van der Waals surface area contributed by atoms with Gasteiger partial charge < -0.3 is 14.8 Å². The van der Waals surface area contributed by atoms with Gasteiger partial charge in [0.2, 0.25) is 0 Å². The molecule has 3 nitrogen and oxygen atoms in total. The van der Waals surface area contributed by atoms with E-state index in [0.29, 0.717) is 11.5 Å². The van der Waals surface area contributed by atoms with Crippen molar-refractivity contribution in [2.75, 3.05) is 14.2 Å². The lowest BCUT2D eigenvalue weighted by molar-refractivity contribution is 0.388. The predicted octanol–water partition coefficient (Wildman–Crippen LogP) is 3.91. The number of halogens is 1. The van der Waals surface area contributed by atoms with E-state index in [-0.39, 0.29) is 11.8 Å². The summed E-state index contributed by atoms with van der Waals surface area (Å²) >= 11 is 0. The molecule has 1 unspecified atom stereocenters. The minimum absolute atomic E-state index is 0.0212. The van der Waals surface area contributed by atoms with E-state index < -0.39 is 5.82 Å². The van der Waals surface area contributed by atoms with E-state index in [0.717, 1.165) is 5.56 Å². The van der Waals surface area contributed by atoms with Crippen molar-refractivity contribution >= 4 is 0 Å². The van der Waals surface area contributed by atoms with Gasteiger partial charge in [-0.25, -0.2) is 4.39 Å². The average Bonchev–Trinajstić information content (AvgIpc) is 2.48. The van der Waals surface area contributed by atoms with Gasteiger partial charge >= 0.3 is 0 Å². The molecule has 0 spiro atoms. The number of benzene rings is 2. The summed E-state index contributed by atoms with van der Waals surface area (Å²) in [5.41, 5.74) is 0.862. The Bertz CT molecular complexity index is 586. The Morgan fingerprint density at radius 3 is 2.30 bits per heavy atom. The Kier molecular flexibility index (Phi) is 4.58. The molecule has 0 aromatic heterocycles. The molecule has 20 heavy (non-hydrogen) atoms. The molecule has 2 aromatic carbocycles. The lowest BCUT2D eigenvalue weighted by Crippen LogP contribution is -2.14. The quantitative estimate of drug-likeness (QED) is 0.897. The Balaban J connectivity index is 2.43. The van der Waals surface area contributed by atoms with Crippen molar-refractivity contribution in [2.45, 2.75) is 13.0 Å². The number of methoxy groups -OCH3 is 1. The van der Waals surface area contributed by atoms with Gasteiger partial charge in [-0.2, -0.15) is 0 Å². The monoisotopic (exact) mass is 275 g/mol. The highest BCUT2D eigenvalue weighted by Crippen LogP contribution is 2.36. The van der Waals surface area contributed by atoms with Crippen LogP contribution in [0.3, 0.4) is 0 Å². The number of hydrogen-bond donors (Lipinski definition) is 1. The number of nitrogens with one attached hydrogen (secondary N) is 1. The third kappa shape index (κ3) is 2.91. The molecule has 0 amide bonds. The molecule has 0 bridgehead atoms. The standard InChI is InChI=1S/C16H18FNO2/c1-11(18-2)16-14(19-3)9-6-10-15(16)20-13-8-5-4-7-12(13)17/h4-11,18H,1-3H3. The van der Waals surface area contributed by atoms with Crippen LogP contribution in [0.4, 0.5) is 4.39 Å². The highest BCUT2D eigenvalue weighted by molar-refractivity contribution is 5.48. The van der Waals surface area contributed by atoms with Gasteiger partial charge in [0.15, 0.2) is 11.6 Å². The molecule has 0 aliphatic heterocycles. The van der Waals surface area contributed by atoms with E-state index in [1.807, 2.05) is 26.1 Å². The average molecular weight is 275 g/mol.